The van der Waals surface area contributed by atoms with Crippen LogP contribution < -0.4 is 0 Å². The Bertz CT molecular complexity index is 462. The van der Waals surface area contributed by atoms with Crippen LogP contribution in [0, 0.1) is 5.41 Å². The Hall–Kier alpha value is -1.41. The molecule has 2 heteroatoms. The minimum Gasteiger partial charge on any atom is -0.373 e. The number of ketones is 1. The fourth-order valence-electron chi connectivity index (χ4n) is 2.80. The average molecular weight is 272 g/mol. The van der Waals surface area contributed by atoms with E-state index in [1.165, 1.54) is 5.56 Å². The van der Waals surface area contributed by atoms with Gasteiger partial charge < -0.3 is 4.74 Å². The fourth-order valence-corrected chi connectivity index (χ4v) is 2.80. The molecule has 1 aromatic rings. The first-order valence-electron chi connectivity index (χ1n) is 7.37. The molecule has 0 radical (unpaired) electrons. The van der Waals surface area contributed by atoms with E-state index >= 15 is 0 Å². The van der Waals surface area contributed by atoms with Gasteiger partial charge in [0.2, 0.25) is 0 Å². The first kappa shape index (κ1) is 15.0. The molecule has 0 N–H and O–H groups in total. The zero-order chi connectivity index (χ0) is 14.6. The van der Waals surface area contributed by atoms with Crippen LogP contribution in [0.25, 0.3) is 0 Å². The molecule has 1 aromatic carbocycles. The maximum absolute atomic E-state index is 12.3. The topological polar surface area (TPSA) is 26.3 Å². The Balaban J connectivity index is 2.02. The summed E-state index contributed by atoms with van der Waals surface area (Å²) in [5, 5.41) is 0. The van der Waals surface area contributed by atoms with Crippen molar-refractivity contribution in [1.82, 2.24) is 0 Å². The molecule has 20 heavy (non-hydrogen) atoms. The molecule has 1 heterocycles. The van der Waals surface area contributed by atoms with Crippen LogP contribution in [0.4, 0.5) is 0 Å². The lowest BCUT2D eigenvalue weighted by molar-refractivity contribution is -0.159. The lowest BCUT2D eigenvalue weighted by Gasteiger charge is -2.41. The van der Waals surface area contributed by atoms with Crippen LogP contribution in [0.5, 0.6) is 0 Å². The van der Waals surface area contributed by atoms with Gasteiger partial charge in [0.1, 0.15) is 5.78 Å². The number of hydrogen-bond acceptors (Lipinski definition) is 2. The summed E-state index contributed by atoms with van der Waals surface area (Å²) >= 11 is 0. The number of rotatable bonds is 5. The summed E-state index contributed by atoms with van der Waals surface area (Å²) in [4.78, 5) is 12.3. The summed E-state index contributed by atoms with van der Waals surface area (Å²) < 4.78 is 6.14. The Morgan fingerprint density at radius 2 is 2.05 bits per heavy atom. The number of aryl methyl sites for hydroxylation is 1. The second-order valence-electron chi connectivity index (χ2n) is 6.14. The maximum atomic E-state index is 12.3. The summed E-state index contributed by atoms with van der Waals surface area (Å²) in [6.45, 7) is 7.76. The van der Waals surface area contributed by atoms with Gasteiger partial charge in [-0.05, 0) is 24.8 Å². The highest BCUT2D eigenvalue weighted by atomic mass is 16.5. The molecule has 1 aliphatic heterocycles. The number of carbonyl (C=O) groups excluding carboxylic acids is 1. The van der Waals surface area contributed by atoms with E-state index in [9.17, 15) is 4.79 Å². The van der Waals surface area contributed by atoms with Crippen LogP contribution in [-0.2, 0) is 16.0 Å². The van der Waals surface area contributed by atoms with Crippen LogP contribution in [-0.4, -0.2) is 18.0 Å². The second kappa shape index (κ2) is 6.36. The van der Waals surface area contributed by atoms with Gasteiger partial charge in [-0.3, -0.25) is 4.79 Å². The summed E-state index contributed by atoms with van der Waals surface area (Å²) in [5.74, 6) is 0.314. The molecule has 0 aliphatic carbocycles. The van der Waals surface area contributed by atoms with Crippen molar-refractivity contribution in [3.05, 3.63) is 48.6 Å². The molecule has 2 atom stereocenters. The third-order valence-corrected chi connectivity index (χ3v) is 4.26. The Morgan fingerprint density at radius 3 is 2.70 bits per heavy atom. The molecule has 2 rings (SSSR count). The van der Waals surface area contributed by atoms with E-state index in [1.807, 2.05) is 38.1 Å². The molecular weight excluding hydrogens is 248 g/mol. The minimum absolute atomic E-state index is 0.00564. The number of ether oxygens (including phenoxy) is 1. The van der Waals surface area contributed by atoms with Gasteiger partial charge in [0.05, 0.1) is 12.2 Å². The monoisotopic (exact) mass is 272 g/mol. The first-order chi connectivity index (χ1) is 9.54. The molecule has 0 saturated carbocycles. The smallest absolute Gasteiger partial charge is 0.143 e. The van der Waals surface area contributed by atoms with Crippen molar-refractivity contribution < 1.29 is 9.53 Å². The lowest BCUT2D eigenvalue weighted by atomic mass is 9.75. The highest BCUT2D eigenvalue weighted by Crippen LogP contribution is 2.36. The molecule has 0 bridgehead atoms. The van der Waals surface area contributed by atoms with E-state index < -0.39 is 0 Å². The van der Waals surface area contributed by atoms with Crippen LogP contribution in [0.3, 0.4) is 0 Å². The fraction of sp³-hybridized carbons (Fsp3) is 0.500. The predicted molar refractivity (Wildman–Crippen MR) is 81.6 cm³/mol. The largest absolute Gasteiger partial charge is 0.373 e. The van der Waals surface area contributed by atoms with E-state index in [0.717, 1.165) is 19.3 Å². The van der Waals surface area contributed by atoms with Crippen molar-refractivity contribution in [2.24, 2.45) is 5.41 Å². The second-order valence-corrected chi connectivity index (χ2v) is 6.14. The first-order valence-corrected chi connectivity index (χ1v) is 7.37. The number of hydrogen-bond donors (Lipinski definition) is 0. The van der Waals surface area contributed by atoms with Crippen LogP contribution in [0.2, 0.25) is 0 Å². The highest BCUT2D eigenvalue weighted by Gasteiger charge is 2.43. The van der Waals surface area contributed by atoms with E-state index in [-0.39, 0.29) is 17.6 Å². The SMILES string of the molecule is C=CC[C@H]1CC(=O)C(C)(C)[C@@H](CCc2ccccc2)O1. The van der Waals surface area contributed by atoms with E-state index in [2.05, 4.69) is 18.7 Å². The molecule has 0 spiro atoms. The quantitative estimate of drug-likeness (QED) is 0.759. The van der Waals surface area contributed by atoms with E-state index in [4.69, 9.17) is 4.74 Å². The van der Waals surface area contributed by atoms with Gasteiger partial charge >= 0.3 is 0 Å². The molecule has 0 amide bonds. The number of benzene rings is 1. The van der Waals surface area contributed by atoms with Gasteiger partial charge in [0, 0.05) is 11.8 Å². The molecule has 1 fully saturated rings. The zero-order valence-electron chi connectivity index (χ0n) is 12.5. The van der Waals surface area contributed by atoms with Crippen molar-refractivity contribution in [2.45, 2.75) is 51.7 Å². The van der Waals surface area contributed by atoms with Crippen molar-refractivity contribution in [3.63, 3.8) is 0 Å². The lowest BCUT2D eigenvalue weighted by Crippen LogP contribution is -2.47. The molecule has 1 aliphatic rings. The standard InChI is InChI=1S/C18H24O2/c1-4-8-15-13-16(19)18(2,3)17(20-15)12-11-14-9-6-5-7-10-14/h4-7,9-10,15,17H,1,8,11-13H2,2-3H3/t15-,17+/m0/s1. The normalized spacial score (nSPS) is 25.4. The Morgan fingerprint density at radius 1 is 1.35 bits per heavy atom. The van der Waals surface area contributed by atoms with Crippen molar-refractivity contribution in [3.8, 4) is 0 Å². The van der Waals surface area contributed by atoms with Gasteiger partial charge in [-0.2, -0.15) is 0 Å². The van der Waals surface area contributed by atoms with Gasteiger partial charge in [-0.15, -0.1) is 6.58 Å². The predicted octanol–water partition coefficient (Wildman–Crippen LogP) is 3.95. The zero-order valence-corrected chi connectivity index (χ0v) is 12.5. The summed E-state index contributed by atoms with van der Waals surface area (Å²) in [5.41, 5.74) is 0.914. The van der Waals surface area contributed by atoms with E-state index in [1.54, 1.807) is 0 Å². The third kappa shape index (κ3) is 3.37. The Kier molecular flexibility index (Phi) is 4.77. The molecule has 0 unspecified atom stereocenters. The van der Waals surface area contributed by atoms with Gasteiger partial charge in [0.25, 0.3) is 0 Å². The van der Waals surface area contributed by atoms with E-state index in [0.29, 0.717) is 12.2 Å². The van der Waals surface area contributed by atoms with Crippen LogP contribution >= 0.6 is 0 Å². The molecule has 0 aromatic heterocycles. The summed E-state index contributed by atoms with van der Waals surface area (Å²) in [6, 6.07) is 10.4. The number of carbonyl (C=O) groups is 1. The van der Waals surface area contributed by atoms with Gasteiger partial charge in [0.15, 0.2) is 0 Å². The highest BCUT2D eigenvalue weighted by molar-refractivity contribution is 5.85. The van der Waals surface area contributed by atoms with Crippen LogP contribution in [0.1, 0.15) is 38.7 Å². The van der Waals surface area contributed by atoms with Crippen molar-refractivity contribution in [1.29, 1.82) is 0 Å². The maximum Gasteiger partial charge on any atom is 0.143 e. The third-order valence-electron chi connectivity index (χ3n) is 4.26. The van der Waals surface area contributed by atoms with Crippen molar-refractivity contribution in [2.75, 3.05) is 0 Å². The Labute approximate surface area is 121 Å². The van der Waals surface area contributed by atoms with Crippen molar-refractivity contribution >= 4 is 5.78 Å². The molecule has 1 saturated heterocycles. The van der Waals surface area contributed by atoms with Gasteiger partial charge in [-0.25, -0.2) is 0 Å². The minimum atomic E-state index is -0.382. The molecular formula is C18H24O2. The molecule has 2 nitrogen and oxygen atoms in total. The van der Waals surface area contributed by atoms with Gasteiger partial charge in [-0.1, -0.05) is 50.3 Å². The summed E-state index contributed by atoms with van der Waals surface area (Å²) in [7, 11) is 0. The molecule has 108 valence electrons. The summed E-state index contributed by atoms with van der Waals surface area (Å²) in [6.07, 6.45) is 4.94. The average Bonchev–Trinajstić information content (AvgIpc) is 2.43. The number of Topliss-reactive ketones (excluding diaryl/α,β-unsaturated/α-hetero) is 1. The van der Waals surface area contributed by atoms with Crippen LogP contribution in [0.15, 0.2) is 43.0 Å².